The highest BCUT2D eigenvalue weighted by Gasteiger charge is 2.29. The number of aromatic nitrogens is 2. The van der Waals surface area contributed by atoms with Gasteiger partial charge >= 0.3 is 0 Å². The lowest BCUT2D eigenvalue weighted by atomic mass is 9.96. The van der Waals surface area contributed by atoms with Gasteiger partial charge in [-0.2, -0.15) is 11.3 Å². The van der Waals surface area contributed by atoms with Gasteiger partial charge in [0, 0.05) is 32.1 Å². The maximum absolute atomic E-state index is 13.0. The first-order chi connectivity index (χ1) is 13.5. The van der Waals surface area contributed by atoms with Crippen molar-refractivity contribution >= 4 is 34.1 Å². The number of anilines is 1. The Labute approximate surface area is 170 Å². The van der Waals surface area contributed by atoms with Crippen LogP contribution < -0.4 is 4.90 Å². The number of amides is 1. The molecule has 3 aromatic rings. The van der Waals surface area contributed by atoms with Crippen LogP contribution in [0.1, 0.15) is 29.7 Å². The zero-order chi connectivity index (χ0) is 19.7. The topological polar surface area (TPSA) is 49.3 Å². The third-order valence-electron chi connectivity index (χ3n) is 5.46. The number of carbonyl (C=O) groups excluding carboxylic acids is 1. The predicted octanol–water partition coefficient (Wildman–Crippen LogP) is 4.18. The van der Waals surface area contributed by atoms with Crippen molar-refractivity contribution in [2.75, 3.05) is 25.0 Å². The van der Waals surface area contributed by atoms with E-state index in [1.807, 2.05) is 18.9 Å². The molecule has 0 unspecified atom stereocenters. The van der Waals surface area contributed by atoms with Crippen LogP contribution in [-0.4, -0.2) is 40.9 Å². The molecule has 5 nitrogen and oxygen atoms in total. The van der Waals surface area contributed by atoms with Gasteiger partial charge in [-0.25, -0.2) is 9.97 Å². The van der Waals surface area contributed by atoms with E-state index in [-0.39, 0.29) is 11.8 Å². The smallest absolute Gasteiger partial charge is 0.227 e. The first-order valence-corrected chi connectivity index (χ1v) is 10.7. The number of piperidine rings is 1. The summed E-state index contributed by atoms with van der Waals surface area (Å²) in [6.45, 7) is 6.36. The molecule has 0 spiro atoms. The highest BCUT2D eigenvalue weighted by molar-refractivity contribution is 7.07. The molecular formula is C22H26N4OS. The predicted molar refractivity (Wildman–Crippen MR) is 115 cm³/mol. The Balaban J connectivity index is 1.52. The second-order valence-electron chi connectivity index (χ2n) is 7.74. The molecule has 4 rings (SSSR count). The van der Waals surface area contributed by atoms with Crippen LogP contribution in [0.2, 0.25) is 0 Å². The molecule has 1 fully saturated rings. The molecule has 28 heavy (non-hydrogen) atoms. The number of rotatable bonds is 4. The summed E-state index contributed by atoms with van der Waals surface area (Å²) in [6.07, 6.45) is 1.91. The van der Waals surface area contributed by atoms with Crippen LogP contribution in [0, 0.1) is 19.8 Å². The SMILES string of the molecule is Cc1ccc2c(C)nc(N3CCC[C@@H](C(=O)N(C)Cc4ccsc4)C3)nc2c1. The molecule has 3 heterocycles. The van der Waals surface area contributed by atoms with Gasteiger partial charge in [-0.1, -0.05) is 12.1 Å². The Morgan fingerprint density at radius 3 is 2.93 bits per heavy atom. The number of aryl methyl sites for hydroxylation is 2. The van der Waals surface area contributed by atoms with E-state index >= 15 is 0 Å². The minimum Gasteiger partial charge on any atom is -0.341 e. The van der Waals surface area contributed by atoms with Crippen LogP contribution in [0.25, 0.3) is 10.9 Å². The minimum atomic E-state index is -0.00509. The average Bonchev–Trinajstić information content (AvgIpc) is 3.20. The van der Waals surface area contributed by atoms with Crippen molar-refractivity contribution in [2.45, 2.75) is 33.2 Å². The van der Waals surface area contributed by atoms with E-state index in [0.29, 0.717) is 13.1 Å². The largest absolute Gasteiger partial charge is 0.341 e. The number of fused-ring (bicyclic) bond motifs is 1. The minimum absolute atomic E-state index is 0.00509. The van der Waals surface area contributed by atoms with Crippen molar-refractivity contribution in [3.63, 3.8) is 0 Å². The molecule has 146 valence electrons. The molecule has 1 aliphatic heterocycles. The van der Waals surface area contributed by atoms with E-state index in [1.54, 1.807) is 11.3 Å². The van der Waals surface area contributed by atoms with Gasteiger partial charge in [0.05, 0.1) is 17.1 Å². The van der Waals surface area contributed by atoms with Crippen LogP contribution in [0.5, 0.6) is 0 Å². The van der Waals surface area contributed by atoms with Gasteiger partial charge in [0.1, 0.15) is 0 Å². The zero-order valence-electron chi connectivity index (χ0n) is 16.7. The molecule has 1 amide bonds. The number of hydrogen-bond donors (Lipinski definition) is 0. The molecule has 0 aliphatic carbocycles. The molecule has 1 aliphatic rings. The van der Waals surface area contributed by atoms with Crippen molar-refractivity contribution in [1.82, 2.24) is 14.9 Å². The van der Waals surface area contributed by atoms with Crippen molar-refractivity contribution in [1.29, 1.82) is 0 Å². The van der Waals surface area contributed by atoms with E-state index < -0.39 is 0 Å². The second kappa shape index (κ2) is 7.87. The van der Waals surface area contributed by atoms with Crippen molar-refractivity contribution in [3.05, 3.63) is 51.8 Å². The standard InChI is InChI=1S/C22H26N4OS/c1-15-6-7-19-16(2)23-22(24-20(19)11-15)26-9-4-5-18(13-26)21(27)25(3)12-17-8-10-28-14-17/h6-8,10-11,14,18H,4-5,9,12-13H2,1-3H3/t18-/m1/s1. The Bertz CT molecular complexity index is 986. The zero-order valence-corrected chi connectivity index (χ0v) is 17.5. The van der Waals surface area contributed by atoms with E-state index in [9.17, 15) is 4.79 Å². The Hall–Kier alpha value is -2.47. The summed E-state index contributed by atoms with van der Waals surface area (Å²) in [5.41, 5.74) is 4.35. The summed E-state index contributed by atoms with van der Waals surface area (Å²) in [7, 11) is 1.90. The highest BCUT2D eigenvalue weighted by atomic mass is 32.1. The third kappa shape index (κ3) is 3.87. The summed E-state index contributed by atoms with van der Waals surface area (Å²) in [6, 6.07) is 8.37. The average molecular weight is 395 g/mol. The fourth-order valence-electron chi connectivity index (χ4n) is 3.93. The third-order valence-corrected chi connectivity index (χ3v) is 6.19. The van der Waals surface area contributed by atoms with E-state index in [0.717, 1.165) is 41.9 Å². The van der Waals surface area contributed by atoms with Crippen LogP contribution in [-0.2, 0) is 11.3 Å². The number of carbonyl (C=O) groups is 1. The Kier molecular flexibility index (Phi) is 5.31. The lowest BCUT2D eigenvalue weighted by Gasteiger charge is -2.34. The first kappa shape index (κ1) is 18.9. The normalized spacial score (nSPS) is 17.1. The number of benzene rings is 1. The monoisotopic (exact) mass is 394 g/mol. The van der Waals surface area contributed by atoms with Crippen LogP contribution >= 0.6 is 11.3 Å². The fourth-order valence-corrected chi connectivity index (χ4v) is 4.59. The lowest BCUT2D eigenvalue weighted by Crippen LogP contribution is -2.44. The number of thiophene rings is 1. The molecule has 0 radical (unpaired) electrons. The van der Waals surface area contributed by atoms with Crippen molar-refractivity contribution in [3.8, 4) is 0 Å². The maximum atomic E-state index is 13.0. The van der Waals surface area contributed by atoms with Crippen LogP contribution in [0.15, 0.2) is 35.0 Å². The molecule has 0 bridgehead atoms. The Morgan fingerprint density at radius 2 is 2.14 bits per heavy atom. The molecule has 1 atom stereocenters. The van der Waals surface area contributed by atoms with E-state index in [4.69, 9.17) is 9.97 Å². The second-order valence-corrected chi connectivity index (χ2v) is 8.52. The van der Waals surface area contributed by atoms with Gasteiger partial charge in [-0.3, -0.25) is 4.79 Å². The summed E-state index contributed by atoms with van der Waals surface area (Å²) in [5.74, 6) is 0.951. The molecule has 0 saturated carbocycles. The van der Waals surface area contributed by atoms with Gasteiger partial charge in [0.25, 0.3) is 0 Å². The number of hydrogen-bond acceptors (Lipinski definition) is 5. The first-order valence-electron chi connectivity index (χ1n) is 9.77. The quantitative estimate of drug-likeness (QED) is 0.666. The summed E-state index contributed by atoms with van der Waals surface area (Å²) in [4.78, 5) is 26.6. The highest BCUT2D eigenvalue weighted by Crippen LogP contribution is 2.25. The molecule has 1 saturated heterocycles. The Morgan fingerprint density at radius 1 is 1.29 bits per heavy atom. The number of nitrogens with zero attached hydrogens (tertiary/aromatic N) is 4. The van der Waals surface area contributed by atoms with Crippen molar-refractivity contribution in [2.24, 2.45) is 5.92 Å². The van der Waals surface area contributed by atoms with Gasteiger partial charge in [-0.05, 0) is 60.7 Å². The molecule has 6 heteroatoms. The fraction of sp³-hybridized carbons (Fsp3) is 0.409. The molecular weight excluding hydrogens is 368 g/mol. The molecule has 2 aromatic heterocycles. The molecule has 0 N–H and O–H groups in total. The van der Waals surface area contributed by atoms with Gasteiger partial charge < -0.3 is 9.80 Å². The molecule has 1 aromatic carbocycles. The van der Waals surface area contributed by atoms with Crippen LogP contribution in [0.3, 0.4) is 0 Å². The van der Waals surface area contributed by atoms with E-state index in [1.165, 1.54) is 11.1 Å². The van der Waals surface area contributed by atoms with Crippen molar-refractivity contribution < 1.29 is 4.79 Å². The maximum Gasteiger partial charge on any atom is 0.227 e. The summed E-state index contributed by atoms with van der Waals surface area (Å²) in [5, 5.41) is 5.25. The van der Waals surface area contributed by atoms with Crippen LogP contribution in [0.4, 0.5) is 5.95 Å². The summed E-state index contributed by atoms with van der Waals surface area (Å²) >= 11 is 1.67. The van der Waals surface area contributed by atoms with E-state index in [2.05, 4.69) is 46.8 Å². The van der Waals surface area contributed by atoms with Gasteiger partial charge in [0.15, 0.2) is 0 Å². The van der Waals surface area contributed by atoms with Gasteiger partial charge in [0.2, 0.25) is 11.9 Å². The van der Waals surface area contributed by atoms with Gasteiger partial charge in [-0.15, -0.1) is 0 Å². The lowest BCUT2D eigenvalue weighted by molar-refractivity contribution is -0.135. The summed E-state index contributed by atoms with van der Waals surface area (Å²) < 4.78 is 0.